The zero-order valence-electron chi connectivity index (χ0n) is 23.5. The van der Waals surface area contributed by atoms with Gasteiger partial charge in [0.1, 0.15) is 0 Å². The minimum atomic E-state index is -0.437. The number of hydrogen-bond acceptors (Lipinski definition) is 5. The number of aromatic nitrogens is 3. The molecule has 3 aromatic carbocycles. The molecule has 3 aromatic heterocycles. The Morgan fingerprint density at radius 1 is 0.605 bits per heavy atom. The fourth-order valence-corrected chi connectivity index (χ4v) is 3.52. The summed E-state index contributed by atoms with van der Waals surface area (Å²) in [6.07, 6.45) is 5.28. The van der Waals surface area contributed by atoms with E-state index in [-0.39, 0.29) is 20.1 Å². The number of rotatable bonds is 5. The van der Waals surface area contributed by atoms with E-state index >= 15 is 0 Å². The largest absolute Gasteiger partial charge is 3.00 e. The summed E-state index contributed by atoms with van der Waals surface area (Å²) in [5.74, 6) is 0.0237. The third kappa shape index (κ3) is 10.7. The van der Waals surface area contributed by atoms with Crippen molar-refractivity contribution in [3.8, 4) is 39.5 Å². The van der Waals surface area contributed by atoms with E-state index in [4.69, 9.17) is 4.74 Å². The third-order valence-electron chi connectivity index (χ3n) is 5.57. The van der Waals surface area contributed by atoms with Gasteiger partial charge in [0.15, 0.2) is 0 Å². The van der Waals surface area contributed by atoms with Gasteiger partial charge in [0, 0.05) is 24.2 Å². The fourth-order valence-electron chi connectivity index (χ4n) is 3.52. The van der Waals surface area contributed by atoms with Gasteiger partial charge in [0.05, 0.1) is 5.75 Å². The number of pyridine rings is 3. The number of carbonyl (C=O) groups is 1. The molecule has 0 radical (unpaired) electrons. The van der Waals surface area contributed by atoms with Crippen molar-refractivity contribution in [1.82, 2.24) is 15.0 Å². The molecule has 0 N–H and O–H groups in total. The Morgan fingerprint density at radius 3 is 1.44 bits per heavy atom. The molecule has 0 bridgehead atoms. The summed E-state index contributed by atoms with van der Waals surface area (Å²) >= 11 is 0. The minimum Gasteiger partial charge on any atom is -0.443 e. The summed E-state index contributed by atoms with van der Waals surface area (Å²) in [4.78, 5) is 24.1. The first kappa shape index (κ1) is 32.5. The zero-order valence-corrected chi connectivity index (χ0v) is 25.9. The van der Waals surface area contributed by atoms with Gasteiger partial charge in [-0.05, 0) is 42.2 Å². The van der Waals surface area contributed by atoms with Crippen molar-refractivity contribution in [1.29, 1.82) is 0 Å². The van der Waals surface area contributed by atoms with Gasteiger partial charge >= 0.3 is 26.1 Å². The molecule has 0 unspecified atom stereocenters. The number of hydrogen-bond donors (Lipinski definition) is 0. The van der Waals surface area contributed by atoms with Crippen LogP contribution in [-0.2, 0) is 24.9 Å². The van der Waals surface area contributed by atoms with Gasteiger partial charge in [-0.2, -0.15) is 0 Å². The van der Waals surface area contributed by atoms with E-state index in [0.717, 1.165) is 33.8 Å². The van der Waals surface area contributed by atoms with Crippen LogP contribution in [0, 0.1) is 18.2 Å². The summed E-state index contributed by atoms with van der Waals surface area (Å²) in [6.45, 7) is 5.15. The van der Waals surface area contributed by atoms with Crippen LogP contribution in [0.5, 0.6) is 5.75 Å². The van der Waals surface area contributed by atoms with Crippen molar-refractivity contribution in [3.05, 3.63) is 170 Å². The quantitative estimate of drug-likeness (QED) is 0.0774. The van der Waals surface area contributed by atoms with E-state index in [9.17, 15) is 4.79 Å². The second kappa shape index (κ2) is 17.7. The predicted molar refractivity (Wildman–Crippen MR) is 166 cm³/mol. The molecule has 43 heavy (non-hydrogen) atoms. The maximum absolute atomic E-state index is 11.4. The van der Waals surface area contributed by atoms with E-state index in [1.54, 1.807) is 43.7 Å². The number of carbonyl (C=O) groups excluding carboxylic acids is 1. The first-order valence-corrected chi connectivity index (χ1v) is 13.2. The molecule has 0 amide bonds. The molecule has 6 rings (SSSR count). The molecule has 0 aliphatic carbocycles. The number of benzene rings is 3. The molecule has 0 aliphatic heterocycles. The van der Waals surface area contributed by atoms with Crippen molar-refractivity contribution in [2.75, 3.05) is 0 Å². The molecule has 0 fully saturated rings. The van der Waals surface area contributed by atoms with Gasteiger partial charge in [0.25, 0.3) is 0 Å². The second-order valence-electron chi connectivity index (χ2n) is 8.81. The van der Waals surface area contributed by atoms with Crippen molar-refractivity contribution >= 4 is 5.97 Å². The Bertz CT molecular complexity index is 1520. The van der Waals surface area contributed by atoms with Crippen LogP contribution in [0.3, 0.4) is 0 Å². The summed E-state index contributed by atoms with van der Waals surface area (Å²) in [7, 11) is 0. The normalized spacial score (nSPS) is 9.51. The molecule has 0 atom stereocenters. The fraction of sp³-hybridized carbons (Fsp3) is 0.0270. The van der Waals surface area contributed by atoms with Gasteiger partial charge in [-0.1, -0.05) is 43.0 Å². The standard InChI is InChI=1S/C15H12NO2.2C11H8N.Ir/c1-11(2)15(17)18-13-7-5-6-12(10-13)14-8-3-4-9-16-14;2*1-2-6-10(7-3-1)11-8-4-5-9-12-11;/h3-5,7-10H,1H2,2H3;2*1-6,8-9H;/q3*-1;+3. The van der Waals surface area contributed by atoms with Crippen LogP contribution in [0.1, 0.15) is 6.92 Å². The van der Waals surface area contributed by atoms with Gasteiger partial charge in [-0.25, -0.2) is 4.79 Å². The van der Waals surface area contributed by atoms with Crippen molar-refractivity contribution in [2.45, 2.75) is 6.92 Å². The monoisotopic (exact) mass is 739 g/mol. The molecule has 0 saturated heterocycles. The number of esters is 1. The first-order chi connectivity index (χ1) is 20.6. The van der Waals surface area contributed by atoms with Gasteiger partial charge in [0.2, 0.25) is 0 Å². The molecule has 3 heterocycles. The van der Waals surface area contributed by atoms with E-state index in [1.165, 1.54) is 0 Å². The topological polar surface area (TPSA) is 65.0 Å². The van der Waals surface area contributed by atoms with Crippen molar-refractivity contribution in [2.24, 2.45) is 0 Å². The number of nitrogens with zero attached hydrogens (tertiary/aromatic N) is 3. The molecule has 0 aliphatic rings. The SMILES string of the molecule is C=C(C)C(=O)Oc1cc[c-]c(-c2ccccn2)c1.[Ir+3].[c-]1ccccc1-c1ccccn1.[c-]1ccccc1-c1ccccn1. The maximum atomic E-state index is 11.4. The molecular formula is C37H28IrN3O2. The molecular weight excluding hydrogens is 711 g/mol. The van der Waals surface area contributed by atoms with E-state index in [2.05, 4.69) is 39.7 Å². The Hall–Kier alpha value is -5.03. The Morgan fingerprint density at radius 2 is 1.05 bits per heavy atom. The molecule has 6 aromatic rings. The average molecular weight is 739 g/mol. The summed E-state index contributed by atoms with van der Waals surface area (Å²) in [5, 5.41) is 0. The van der Waals surface area contributed by atoms with Crippen LogP contribution >= 0.6 is 0 Å². The molecule has 0 saturated carbocycles. The van der Waals surface area contributed by atoms with Crippen LogP contribution in [0.25, 0.3) is 33.8 Å². The average Bonchev–Trinajstić information content (AvgIpc) is 3.07. The molecule has 212 valence electrons. The molecule has 5 nitrogen and oxygen atoms in total. The predicted octanol–water partition coefficient (Wildman–Crippen LogP) is 8.13. The number of ether oxygens (including phenoxy) is 1. The summed E-state index contributed by atoms with van der Waals surface area (Å²) in [6, 6.07) is 47.4. The van der Waals surface area contributed by atoms with Crippen molar-refractivity contribution in [3.63, 3.8) is 0 Å². The van der Waals surface area contributed by atoms with Crippen LogP contribution in [-0.4, -0.2) is 20.9 Å². The van der Waals surface area contributed by atoms with Crippen LogP contribution in [0.4, 0.5) is 0 Å². The van der Waals surface area contributed by atoms with E-state index in [1.807, 2.05) is 103 Å². The van der Waals surface area contributed by atoms with Crippen LogP contribution in [0.15, 0.2) is 152 Å². The molecule has 0 spiro atoms. The smallest absolute Gasteiger partial charge is 0.443 e. The van der Waals surface area contributed by atoms with Crippen LogP contribution in [0.2, 0.25) is 0 Å². The van der Waals surface area contributed by atoms with E-state index in [0.29, 0.717) is 11.3 Å². The Balaban J connectivity index is 0.000000180. The Kier molecular flexibility index (Phi) is 13.4. The third-order valence-corrected chi connectivity index (χ3v) is 5.57. The zero-order chi connectivity index (χ0) is 29.4. The summed E-state index contributed by atoms with van der Waals surface area (Å²) < 4.78 is 5.15. The first-order valence-electron chi connectivity index (χ1n) is 13.2. The summed E-state index contributed by atoms with van der Waals surface area (Å²) in [5.41, 5.74) is 5.95. The Labute approximate surface area is 266 Å². The van der Waals surface area contributed by atoms with Gasteiger partial charge in [-0.15, -0.1) is 102 Å². The maximum Gasteiger partial charge on any atom is 3.00 e. The molecule has 6 heteroatoms. The second-order valence-corrected chi connectivity index (χ2v) is 8.81. The van der Waals surface area contributed by atoms with E-state index < -0.39 is 5.97 Å². The van der Waals surface area contributed by atoms with Gasteiger partial charge in [-0.3, -0.25) is 0 Å². The van der Waals surface area contributed by atoms with Gasteiger partial charge < -0.3 is 19.7 Å². The van der Waals surface area contributed by atoms with Crippen LogP contribution < -0.4 is 4.74 Å². The minimum absolute atomic E-state index is 0. The van der Waals surface area contributed by atoms with Crippen molar-refractivity contribution < 1.29 is 29.6 Å².